The Morgan fingerprint density at radius 3 is 2.47 bits per heavy atom. The summed E-state index contributed by atoms with van der Waals surface area (Å²) in [5.41, 5.74) is 7.23. The molecule has 180 valence electrons. The fourth-order valence-corrected chi connectivity index (χ4v) is 3.82. The zero-order valence-corrected chi connectivity index (χ0v) is 20.4. The number of methoxy groups -OCH3 is 1. The van der Waals surface area contributed by atoms with Gasteiger partial charge < -0.3 is 20.7 Å². The Kier molecular flexibility index (Phi) is 16.0. The second-order valence-corrected chi connectivity index (χ2v) is 6.91. The molecule has 32 heavy (non-hydrogen) atoms. The van der Waals surface area contributed by atoms with Gasteiger partial charge in [-0.25, -0.2) is 9.99 Å². The molecule has 2 heterocycles. The summed E-state index contributed by atoms with van der Waals surface area (Å²) in [7, 11) is 1.72. The molecule has 1 aromatic heterocycles. The number of imidazole rings is 1. The van der Waals surface area contributed by atoms with Gasteiger partial charge in [-0.1, -0.05) is 36.8 Å². The standard InChI is InChI=1S/C22H26N4O.3ClH.2H2O/c1-27-21-11-10-18(22-23-12-13-24-22)15-19(21)16-25-26-14-6-5-9-20(26)17-7-3-2-4-8-17;;;;;/h2-4,7-8,10-13,15,20,25H,5-6,9,14,16H2,1H3,(H,23,24);3*1H;2*1H2. The third-order valence-corrected chi connectivity index (χ3v) is 5.21. The van der Waals surface area contributed by atoms with Gasteiger partial charge in [-0.05, 0) is 36.6 Å². The monoisotopic (exact) mass is 506 g/mol. The summed E-state index contributed by atoms with van der Waals surface area (Å²) < 4.78 is 5.58. The summed E-state index contributed by atoms with van der Waals surface area (Å²) in [6.45, 7) is 1.78. The van der Waals surface area contributed by atoms with Crippen molar-refractivity contribution in [1.82, 2.24) is 20.4 Å². The first-order chi connectivity index (χ1) is 13.3. The van der Waals surface area contributed by atoms with E-state index in [1.807, 2.05) is 18.3 Å². The van der Waals surface area contributed by atoms with Gasteiger partial charge in [0.1, 0.15) is 11.6 Å². The van der Waals surface area contributed by atoms with Gasteiger partial charge in [-0.15, -0.1) is 37.2 Å². The van der Waals surface area contributed by atoms with Crippen LogP contribution in [0.3, 0.4) is 0 Å². The van der Waals surface area contributed by atoms with Gasteiger partial charge in [-0.3, -0.25) is 5.43 Å². The van der Waals surface area contributed by atoms with Gasteiger partial charge >= 0.3 is 0 Å². The SMILES string of the molecule is COc1ccc(-c2ncc[nH]2)cc1CNN1CCCCC1c1ccccc1.Cl.Cl.Cl.O.O. The van der Waals surface area contributed by atoms with Crippen molar-refractivity contribution >= 4 is 37.2 Å². The minimum Gasteiger partial charge on any atom is -0.496 e. The van der Waals surface area contributed by atoms with Crippen molar-refractivity contribution in [3.63, 3.8) is 0 Å². The number of piperidine rings is 1. The summed E-state index contributed by atoms with van der Waals surface area (Å²) in [6, 6.07) is 17.4. The number of aromatic nitrogens is 2. The van der Waals surface area contributed by atoms with E-state index in [1.165, 1.54) is 24.8 Å². The highest BCUT2D eigenvalue weighted by Crippen LogP contribution is 2.30. The van der Waals surface area contributed by atoms with Crippen LogP contribution in [0, 0.1) is 0 Å². The number of nitrogens with one attached hydrogen (secondary N) is 2. The first-order valence-corrected chi connectivity index (χ1v) is 9.57. The molecule has 1 aliphatic rings. The molecule has 1 fully saturated rings. The number of benzene rings is 2. The molecule has 1 unspecified atom stereocenters. The Hall–Kier alpha value is -1.84. The second-order valence-electron chi connectivity index (χ2n) is 6.91. The number of halogens is 3. The number of ether oxygens (including phenoxy) is 1. The second kappa shape index (κ2) is 15.9. The summed E-state index contributed by atoms with van der Waals surface area (Å²) in [5.74, 6) is 1.77. The molecule has 0 radical (unpaired) electrons. The van der Waals surface area contributed by atoms with Crippen molar-refractivity contribution in [2.24, 2.45) is 0 Å². The molecular weight excluding hydrogens is 475 g/mol. The lowest BCUT2D eigenvalue weighted by molar-refractivity contribution is 0.0822. The molecule has 10 heteroatoms. The topological polar surface area (TPSA) is 116 Å². The van der Waals surface area contributed by atoms with Crippen molar-refractivity contribution in [1.29, 1.82) is 0 Å². The summed E-state index contributed by atoms with van der Waals surface area (Å²) in [6.07, 6.45) is 7.29. The van der Waals surface area contributed by atoms with Gasteiger partial charge in [0.15, 0.2) is 0 Å². The average molecular weight is 508 g/mol. The maximum absolute atomic E-state index is 5.58. The molecule has 0 aliphatic carbocycles. The third-order valence-electron chi connectivity index (χ3n) is 5.21. The summed E-state index contributed by atoms with van der Waals surface area (Å²) >= 11 is 0. The van der Waals surface area contributed by atoms with Crippen molar-refractivity contribution in [2.75, 3.05) is 13.7 Å². The number of H-pyrrole nitrogens is 1. The van der Waals surface area contributed by atoms with Gasteiger partial charge in [0.25, 0.3) is 0 Å². The van der Waals surface area contributed by atoms with Crippen LogP contribution in [0.1, 0.15) is 36.4 Å². The van der Waals surface area contributed by atoms with Crippen molar-refractivity contribution in [3.8, 4) is 17.1 Å². The Bertz CT molecular complexity index is 870. The minimum atomic E-state index is 0. The first kappa shape index (κ1) is 32.3. The van der Waals surface area contributed by atoms with Crippen LogP contribution in [-0.2, 0) is 6.54 Å². The highest BCUT2D eigenvalue weighted by Gasteiger charge is 2.23. The van der Waals surface area contributed by atoms with Gasteiger partial charge in [0.05, 0.1) is 7.11 Å². The van der Waals surface area contributed by atoms with E-state index in [0.29, 0.717) is 6.04 Å². The summed E-state index contributed by atoms with van der Waals surface area (Å²) in [5, 5.41) is 2.39. The minimum absolute atomic E-state index is 0. The van der Waals surface area contributed by atoms with Gasteiger partial charge in [0.2, 0.25) is 0 Å². The lowest BCUT2D eigenvalue weighted by Gasteiger charge is -2.36. The number of hydrogen-bond acceptors (Lipinski definition) is 4. The molecule has 0 bridgehead atoms. The number of aromatic amines is 1. The van der Waals surface area contributed by atoms with Crippen LogP contribution in [-0.4, -0.2) is 39.6 Å². The molecule has 7 nitrogen and oxygen atoms in total. The van der Waals surface area contributed by atoms with Crippen molar-refractivity contribution in [2.45, 2.75) is 31.8 Å². The lowest BCUT2D eigenvalue weighted by Crippen LogP contribution is -2.43. The van der Waals surface area contributed by atoms with Crippen LogP contribution >= 0.6 is 37.2 Å². The molecule has 1 aliphatic heterocycles. The molecule has 3 aromatic rings. The van der Waals surface area contributed by atoms with E-state index in [1.54, 1.807) is 13.3 Å². The fraction of sp³-hybridized carbons (Fsp3) is 0.318. The first-order valence-electron chi connectivity index (χ1n) is 9.57. The highest BCUT2D eigenvalue weighted by molar-refractivity contribution is 5.86. The number of nitrogens with zero attached hydrogens (tertiary/aromatic N) is 2. The Morgan fingerprint density at radius 1 is 1.06 bits per heavy atom. The predicted molar refractivity (Wildman–Crippen MR) is 136 cm³/mol. The lowest BCUT2D eigenvalue weighted by atomic mass is 9.97. The van der Waals surface area contributed by atoms with E-state index in [2.05, 4.69) is 56.8 Å². The molecular formula is C22H33Cl3N4O3. The molecule has 6 N–H and O–H groups in total. The molecule has 1 saturated heterocycles. The maximum atomic E-state index is 5.58. The molecule has 4 rings (SSSR count). The van der Waals surface area contributed by atoms with E-state index >= 15 is 0 Å². The van der Waals surface area contributed by atoms with E-state index in [4.69, 9.17) is 4.74 Å². The van der Waals surface area contributed by atoms with Crippen molar-refractivity contribution in [3.05, 3.63) is 72.1 Å². The Balaban J connectivity index is 0. The quantitative estimate of drug-likeness (QED) is 0.525. The Labute approximate surface area is 207 Å². The number of hydrogen-bond donors (Lipinski definition) is 2. The predicted octanol–water partition coefficient (Wildman–Crippen LogP) is 3.93. The fourth-order valence-electron chi connectivity index (χ4n) is 3.82. The molecule has 2 aromatic carbocycles. The smallest absolute Gasteiger partial charge is 0.137 e. The van der Waals surface area contributed by atoms with E-state index in [0.717, 1.165) is 35.8 Å². The van der Waals surface area contributed by atoms with Crippen molar-refractivity contribution < 1.29 is 15.7 Å². The Morgan fingerprint density at radius 2 is 1.81 bits per heavy atom. The normalized spacial score (nSPS) is 15.0. The highest BCUT2D eigenvalue weighted by atomic mass is 35.5. The van der Waals surface area contributed by atoms with Crippen LogP contribution < -0.4 is 10.2 Å². The third kappa shape index (κ3) is 7.64. The van der Waals surface area contributed by atoms with Gasteiger partial charge in [0, 0.05) is 42.7 Å². The van der Waals surface area contributed by atoms with E-state index in [-0.39, 0.29) is 48.2 Å². The number of rotatable bonds is 6. The van der Waals surface area contributed by atoms with Crippen LogP contribution in [0.2, 0.25) is 0 Å². The zero-order valence-electron chi connectivity index (χ0n) is 17.9. The molecule has 0 saturated carbocycles. The average Bonchev–Trinajstić information content (AvgIpc) is 3.28. The van der Waals surface area contributed by atoms with Crippen LogP contribution in [0.15, 0.2) is 60.9 Å². The molecule has 0 amide bonds. The zero-order chi connectivity index (χ0) is 18.5. The number of hydrazine groups is 1. The van der Waals surface area contributed by atoms with Crippen LogP contribution in [0.4, 0.5) is 0 Å². The molecule has 0 spiro atoms. The maximum Gasteiger partial charge on any atom is 0.137 e. The van der Waals surface area contributed by atoms with Gasteiger partial charge in [-0.2, -0.15) is 0 Å². The molecule has 1 atom stereocenters. The summed E-state index contributed by atoms with van der Waals surface area (Å²) in [4.78, 5) is 7.53. The van der Waals surface area contributed by atoms with E-state index in [9.17, 15) is 0 Å². The van der Waals surface area contributed by atoms with E-state index < -0.39 is 0 Å². The largest absolute Gasteiger partial charge is 0.496 e. The van der Waals surface area contributed by atoms with Crippen LogP contribution in [0.5, 0.6) is 5.75 Å². The van der Waals surface area contributed by atoms with Crippen LogP contribution in [0.25, 0.3) is 11.4 Å².